The Labute approximate surface area is 108 Å². The van der Waals surface area contributed by atoms with Crippen LogP contribution in [0.4, 0.5) is 0 Å². The minimum Gasteiger partial charge on any atom is -0.324 e. The first kappa shape index (κ1) is 11.4. The van der Waals surface area contributed by atoms with Gasteiger partial charge in [-0.3, -0.25) is 4.98 Å². The van der Waals surface area contributed by atoms with E-state index < -0.39 is 0 Å². The lowest BCUT2D eigenvalue weighted by atomic mass is 10.0. The number of fused-ring (bicyclic) bond motifs is 1. The van der Waals surface area contributed by atoms with Crippen molar-refractivity contribution in [3.05, 3.63) is 48.2 Å². The van der Waals surface area contributed by atoms with Gasteiger partial charge in [-0.05, 0) is 42.5 Å². The third-order valence-corrected chi connectivity index (χ3v) is 3.61. The van der Waals surface area contributed by atoms with Crippen molar-refractivity contribution < 1.29 is 0 Å². The van der Waals surface area contributed by atoms with Crippen LogP contribution in [0.2, 0.25) is 0 Å². The highest BCUT2D eigenvalue weighted by Gasteiger charge is 2.10. The number of pyridine rings is 1. The topological polar surface area (TPSA) is 38.9 Å². The second-order valence-corrected chi connectivity index (χ2v) is 5.02. The van der Waals surface area contributed by atoms with Crippen molar-refractivity contribution in [1.82, 2.24) is 4.98 Å². The summed E-state index contributed by atoms with van der Waals surface area (Å²) >= 11 is 0. The Kier molecular flexibility index (Phi) is 3.11. The van der Waals surface area contributed by atoms with Gasteiger partial charge in [-0.15, -0.1) is 0 Å². The molecule has 1 aliphatic carbocycles. The van der Waals surface area contributed by atoms with Crippen LogP contribution in [0.15, 0.2) is 42.6 Å². The van der Waals surface area contributed by atoms with Crippen molar-refractivity contribution in [2.75, 3.05) is 0 Å². The maximum absolute atomic E-state index is 6.08. The Morgan fingerprint density at radius 3 is 3.00 bits per heavy atom. The quantitative estimate of drug-likeness (QED) is 0.825. The number of aromatic nitrogens is 1. The average molecular weight is 238 g/mol. The van der Waals surface area contributed by atoms with Crippen LogP contribution in [0.5, 0.6) is 0 Å². The third kappa shape index (κ3) is 2.29. The van der Waals surface area contributed by atoms with Gasteiger partial charge in [-0.25, -0.2) is 0 Å². The summed E-state index contributed by atoms with van der Waals surface area (Å²) in [6, 6.07) is 10.7. The Bertz CT molecular complexity index is 586. The zero-order chi connectivity index (χ0) is 12.4. The first-order chi connectivity index (χ1) is 8.83. The highest BCUT2D eigenvalue weighted by atomic mass is 14.7. The zero-order valence-corrected chi connectivity index (χ0v) is 10.5. The van der Waals surface area contributed by atoms with E-state index in [1.165, 1.54) is 29.4 Å². The first-order valence-electron chi connectivity index (χ1n) is 6.64. The van der Waals surface area contributed by atoms with Gasteiger partial charge in [-0.1, -0.05) is 30.7 Å². The molecule has 0 bridgehead atoms. The highest BCUT2D eigenvalue weighted by molar-refractivity contribution is 5.82. The fraction of sp³-hybridized carbons (Fsp3) is 0.312. The third-order valence-electron chi connectivity index (χ3n) is 3.61. The van der Waals surface area contributed by atoms with E-state index in [4.69, 9.17) is 5.73 Å². The largest absolute Gasteiger partial charge is 0.324 e. The Hall–Kier alpha value is -1.67. The van der Waals surface area contributed by atoms with Gasteiger partial charge < -0.3 is 5.73 Å². The molecule has 0 aliphatic heterocycles. The molecular weight excluding hydrogens is 220 g/mol. The summed E-state index contributed by atoms with van der Waals surface area (Å²) in [7, 11) is 0. The Morgan fingerprint density at radius 1 is 1.17 bits per heavy atom. The molecule has 0 spiro atoms. The van der Waals surface area contributed by atoms with E-state index in [0.717, 1.165) is 18.4 Å². The standard InChI is InChI=1S/C16H18N2/c17-15-7-3-1-5-12(10-15)14-9-13-6-2-4-8-16(13)18-11-14/h2,4,6,8-11,15H,1,3,5,7,17H2. The van der Waals surface area contributed by atoms with E-state index in [-0.39, 0.29) is 6.04 Å². The van der Waals surface area contributed by atoms with Crippen LogP contribution in [0, 0.1) is 0 Å². The number of nitrogens with zero attached hydrogens (tertiary/aromatic N) is 1. The molecular formula is C16H18N2. The Morgan fingerprint density at radius 2 is 2.06 bits per heavy atom. The lowest BCUT2D eigenvalue weighted by molar-refractivity contribution is 0.658. The number of nitrogens with two attached hydrogens (primary N) is 1. The van der Waals surface area contributed by atoms with Gasteiger partial charge >= 0.3 is 0 Å². The summed E-state index contributed by atoms with van der Waals surface area (Å²) in [5.41, 5.74) is 9.72. The molecule has 2 aromatic rings. The van der Waals surface area contributed by atoms with Gasteiger partial charge in [0.05, 0.1) is 5.52 Å². The van der Waals surface area contributed by atoms with Gasteiger partial charge in [0.1, 0.15) is 0 Å². The van der Waals surface area contributed by atoms with Crippen LogP contribution in [0.3, 0.4) is 0 Å². The van der Waals surface area contributed by atoms with Crippen LogP contribution in [-0.4, -0.2) is 11.0 Å². The van der Waals surface area contributed by atoms with Crippen molar-refractivity contribution in [2.24, 2.45) is 5.73 Å². The molecule has 1 aromatic carbocycles. The SMILES string of the molecule is NC1C=C(c2cnc3ccccc3c2)CCCC1. The molecule has 0 saturated heterocycles. The molecule has 0 saturated carbocycles. The molecule has 1 aliphatic rings. The smallest absolute Gasteiger partial charge is 0.0702 e. The van der Waals surface area contributed by atoms with Gasteiger partial charge in [0.2, 0.25) is 0 Å². The van der Waals surface area contributed by atoms with Crippen LogP contribution in [-0.2, 0) is 0 Å². The molecule has 1 unspecified atom stereocenters. The summed E-state index contributed by atoms with van der Waals surface area (Å²) in [4.78, 5) is 4.53. The van der Waals surface area contributed by atoms with Gasteiger partial charge in [0.15, 0.2) is 0 Å². The average Bonchev–Trinajstić information content (AvgIpc) is 2.63. The van der Waals surface area contributed by atoms with Crippen molar-refractivity contribution in [1.29, 1.82) is 0 Å². The Balaban J connectivity index is 2.03. The summed E-state index contributed by atoms with van der Waals surface area (Å²) in [5, 5.41) is 1.20. The number of benzene rings is 1. The molecule has 2 N–H and O–H groups in total. The lowest BCUT2D eigenvalue weighted by Crippen LogP contribution is -2.15. The van der Waals surface area contributed by atoms with Crippen LogP contribution < -0.4 is 5.73 Å². The molecule has 3 rings (SSSR count). The van der Waals surface area contributed by atoms with Gasteiger partial charge in [0.25, 0.3) is 0 Å². The number of rotatable bonds is 1. The fourth-order valence-corrected chi connectivity index (χ4v) is 2.61. The summed E-state index contributed by atoms with van der Waals surface area (Å²) in [6.45, 7) is 0. The number of para-hydroxylation sites is 1. The predicted molar refractivity (Wildman–Crippen MR) is 76.2 cm³/mol. The number of allylic oxidation sites excluding steroid dienone is 1. The van der Waals surface area contributed by atoms with Crippen LogP contribution in [0.25, 0.3) is 16.5 Å². The molecule has 1 heterocycles. The van der Waals surface area contributed by atoms with Crippen molar-refractivity contribution in [3.63, 3.8) is 0 Å². The van der Waals surface area contributed by atoms with E-state index in [1.807, 2.05) is 18.3 Å². The number of hydrogen-bond acceptors (Lipinski definition) is 2. The van der Waals surface area contributed by atoms with E-state index in [2.05, 4.69) is 29.3 Å². The lowest BCUT2D eigenvalue weighted by Gasteiger charge is -2.08. The molecule has 2 nitrogen and oxygen atoms in total. The molecule has 92 valence electrons. The minimum atomic E-state index is 0.203. The maximum Gasteiger partial charge on any atom is 0.0702 e. The highest BCUT2D eigenvalue weighted by Crippen LogP contribution is 2.27. The van der Waals surface area contributed by atoms with Crippen LogP contribution in [0.1, 0.15) is 31.2 Å². The summed E-state index contributed by atoms with van der Waals surface area (Å²) in [6.07, 6.45) is 8.87. The van der Waals surface area contributed by atoms with Crippen molar-refractivity contribution in [3.8, 4) is 0 Å². The second-order valence-electron chi connectivity index (χ2n) is 5.02. The van der Waals surface area contributed by atoms with Gasteiger partial charge in [0, 0.05) is 17.6 Å². The molecule has 0 fully saturated rings. The normalized spacial score (nSPS) is 20.5. The second kappa shape index (κ2) is 4.91. The summed E-state index contributed by atoms with van der Waals surface area (Å²) in [5.74, 6) is 0. The molecule has 2 heteroatoms. The molecule has 0 radical (unpaired) electrons. The van der Waals surface area contributed by atoms with E-state index in [9.17, 15) is 0 Å². The van der Waals surface area contributed by atoms with Crippen molar-refractivity contribution in [2.45, 2.75) is 31.7 Å². The van der Waals surface area contributed by atoms with Crippen molar-refractivity contribution >= 4 is 16.5 Å². The van der Waals surface area contributed by atoms with E-state index in [0.29, 0.717) is 0 Å². The molecule has 18 heavy (non-hydrogen) atoms. The first-order valence-corrected chi connectivity index (χ1v) is 6.64. The minimum absolute atomic E-state index is 0.203. The fourth-order valence-electron chi connectivity index (χ4n) is 2.61. The van der Waals surface area contributed by atoms with E-state index >= 15 is 0 Å². The maximum atomic E-state index is 6.08. The summed E-state index contributed by atoms with van der Waals surface area (Å²) < 4.78 is 0. The monoisotopic (exact) mass is 238 g/mol. The van der Waals surface area contributed by atoms with E-state index in [1.54, 1.807) is 0 Å². The zero-order valence-electron chi connectivity index (χ0n) is 10.5. The molecule has 1 atom stereocenters. The van der Waals surface area contributed by atoms with Crippen LogP contribution >= 0.6 is 0 Å². The number of hydrogen-bond donors (Lipinski definition) is 1. The predicted octanol–water partition coefficient (Wildman–Crippen LogP) is 3.52. The van der Waals surface area contributed by atoms with Gasteiger partial charge in [-0.2, -0.15) is 0 Å². The molecule has 1 aromatic heterocycles. The molecule has 0 amide bonds.